The molecule has 1 heterocycles. The maximum atomic E-state index is 5.71. The molecule has 0 aromatic carbocycles. The van der Waals surface area contributed by atoms with Crippen molar-refractivity contribution in [3.05, 3.63) is 0 Å². The van der Waals surface area contributed by atoms with E-state index in [1.807, 2.05) is 0 Å². The van der Waals surface area contributed by atoms with Gasteiger partial charge in [-0.15, -0.1) is 0 Å². The first-order valence-corrected chi connectivity index (χ1v) is 6.75. The van der Waals surface area contributed by atoms with E-state index < -0.39 is 0 Å². The molecule has 2 nitrogen and oxygen atoms in total. The van der Waals surface area contributed by atoms with Crippen molar-refractivity contribution in [2.24, 2.45) is 5.92 Å². The predicted molar refractivity (Wildman–Crippen MR) is 63.0 cm³/mol. The fourth-order valence-electron chi connectivity index (χ4n) is 3.00. The molecule has 2 fully saturated rings. The van der Waals surface area contributed by atoms with Gasteiger partial charge in [0.25, 0.3) is 0 Å². The second kappa shape index (κ2) is 5.86. The fraction of sp³-hybridized carbons (Fsp3) is 1.00. The van der Waals surface area contributed by atoms with Gasteiger partial charge in [0.05, 0.1) is 6.10 Å². The lowest BCUT2D eigenvalue weighted by Gasteiger charge is -2.25. The van der Waals surface area contributed by atoms with Crippen LogP contribution in [0, 0.1) is 5.92 Å². The van der Waals surface area contributed by atoms with Gasteiger partial charge in [0, 0.05) is 19.2 Å². The Bertz CT molecular complexity index is 177. The zero-order valence-corrected chi connectivity index (χ0v) is 10.0. The van der Waals surface area contributed by atoms with Gasteiger partial charge in [-0.05, 0) is 31.6 Å². The van der Waals surface area contributed by atoms with Crippen LogP contribution in [0.2, 0.25) is 0 Å². The summed E-state index contributed by atoms with van der Waals surface area (Å²) in [5.41, 5.74) is 0. The van der Waals surface area contributed by atoms with E-state index in [-0.39, 0.29) is 0 Å². The van der Waals surface area contributed by atoms with E-state index in [1.54, 1.807) is 0 Å². The van der Waals surface area contributed by atoms with Gasteiger partial charge in [0.15, 0.2) is 0 Å². The van der Waals surface area contributed by atoms with E-state index in [1.165, 1.54) is 51.5 Å². The summed E-state index contributed by atoms with van der Waals surface area (Å²) in [6, 6.07) is 0.803. The second-order valence-corrected chi connectivity index (χ2v) is 5.11. The van der Waals surface area contributed by atoms with Crippen LogP contribution in [-0.2, 0) is 4.74 Å². The molecule has 2 heteroatoms. The number of hydrogen-bond acceptors (Lipinski definition) is 2. The molecule has 1 aliphatic heterocycles. The molecule has 1 aliphatic carbocycles. The highest BCUT2D eigenvalue weighted by Gasteiger charge is 2.27. The van der Waals surface area contributed by atoms with Crippen LogP contribution in [0.5, 0.6) is 0 Å². The Morgan fingerprint density at radius 3 is 2.67 bits per heavy atom. The molecule has 2 aliphatic rings. The normalized spacial score (nSPS) is 33.4. The number of ether oxygens (including phenoxy) is 1. The molecule has 2 rings (SSSR count). The molecule has 0 aromatic rings. The maximum Gasteiger partial charge on any atom is 0.0613 e. The minimum Gasteiger partial charge on any atom is -0.378 e. The van der Waals surface area contributed by atoms with Crippen molar-refractivity contribution in [3.63, 3.8) is 0 Å². The zero-order valence-electron chi connectivity index (χ0n) is 10.0. The van der Waals surface area contributed by atoms with Crippen LogP contribution < -0.4 is 5.32 Å². The molecule has 0 aromatic heterocycles. The summed E-state index contributed by atoms with van der Waals surface area (Å²) in [7, 11) is 0. The number of hydrogen-bond donors (Lipinski definition) is 1. The van der Waals surface area contributed by atoms with E-state index in [0.29, 0.717) is 6.10 Å². The fourth-order valence-corrected chi connectivity index (χ4v) is 3.00. The Balaban J connectivity index is 1.67. The van der Waals surface area contributed by atoms with Crippen molar-refractivity contribution in [1.29, 1.82) is 0 Å². The Morgan fingerprint density at radius 1 is 1.13 bits per heavy atom. The molecule has 88 valence electrons. The van der Waals surface area contributed by atoms with Crippen molar-refractivity contribution >= 4 is 0 Å². The van der Waals surface area contributed by atoms with Crippen LogP contribution in [0.15, 0.2) is 0 Å². The zero-order chi connectivity index (χ0) is 10.5. The molecule has 2 atom stereocenters. The van der Waals surface area contributed by atoms with Crippen molar-refractivity contribution in [2.45, 2.75) is 64.0 Å². The monoisotopic (exact) mass is 211 g/mol. The third-order valence-electron chi connectivity index (χ3n) is 4.02. The van der Waals surface area contributed by atoms with Gasteiger partial charge in [-0.3, -0.25) is 0 Å². The molecule has 1 saturated heterocycles. The lowest BCUT2D eigenvalue weighted by atomic mass is 9.94. The molecule has 0 spiro atoms. The van der Waals surface area contributed by atoms with Gasteiger partial charge in [0.2, 0.25) is 0 Å². The summed E-state index contributed by atoms with van der Waals surface area (Å²) < 4.78 is 5.71. The van der Waals surface area contributed by atoms with E-state index in [0.717, 1.165) is 18.6 Å². The predicted octanol–water partition coefficient (Wildman–Crippen LogP) is 2.72. The molecule has 1 saturated carbocycles. The summed E-state index contributed by atoms with van der Waals surface area (Å²) in [5, 5.41) is 3.75. The van der Waals surface area contributed by atoms with Crippen LogP contribution in [0.3, 0.4) is 0 Å². The van der Waals surface area contributed by atoms with Gasteiger partial charge < -0.3 is 10.1 Å². The summed E-state index contributed by atoms with van der Waals surface area (Å²) in [4.78, 5) is 0. The van der Waals surface area contributed by atoms with Gasteiger partial charge in [-0.25, -0.2) is 0 Å². The first-order chi connectivity index (χ1) is 7.40. The Labute approximate surface area is 93.8 Å². The van der Waals surface area contributed by atoms with E-state index >= 15 is 0 Å². The van der Waals surface area contributed by atoms with Crippen LogP contribution in [0.1, 0.15) is 51.9 Å². The lowest BCUT2D eigenvalue weighted by molar-refractivity contribution is 0.0862. The second-order valence-electron chi connectivity index (χ2n) is 5.11. The van der Waals surface area contributed by atoms with Gasteiger partial charge in [0.1, 0.15) is 0 Å². The van der Waals surface area contributed by atoms with Crippen molar-refractivity contribution in [3.8, 4) is 0 Å². The van der Waals surface area contributed by atoms with Crippen LogP contribution in [-0.4, -0.2) is 25.3 Å². The van der Waals surface area contributed by atoms with Crippen molar-refractivity contribution < 1.29 is 4.74 Å². The number of rotatable bonds is 4. The molecule has 0 radical (unpaired) electrons. The summed E-state index contributed by atoms with van der Waals surface area (Å²) >= 11 is 0. The first kappa shape index (κ1) is 11.4. The topological polar surface area (TPSA) is 21.3 Å². The SMILES string of the molecule is CCC1OCCC1CNC1CCCCC1. The third-order valence-corrected chi connectivity index (χ3v) is 4.02. The van der Waals surface area contributed by atoms with Gasteiger partial charge in [-0.1, -0.05) is 26.2 Å². The summed E-state index contributed by atoms with van der Waals surface area (Å²) in [6.45, 7) is 4.41. The molecular weight excluding hydrogens is 186 g/mol. The maximum absolute atomic E-state index is 5.71. The standard InChI is InChI=1S/C13H25NO/c1-2-13-11(8-9-15-13)10-14-12-6-4-3-5-7-12/h11-14H,2-10H2,1H3. The Morgan fingerprint density at radius 2 is 1.93 bits per heavy atom. The molecule has 15 heavy (non-hydrogen) atoms. The van der Waals surface area contributed by atoms with Gasteiger partial charge >= 0.3 is 0 Å². The van der Waals surface area contributed by atoms with E-state index in [4.69, 9.17) is 4.74 Å². The average Bonchev–Trinajstić information content (AvgIpc) is 2.75. The first-order valence-electron chi connectivity index (χ1n) is 6.75. The lowest BCUT2D eigenvalue weighted by Crippen LogP contribution is -2.36. The van der Waals surface area contributed by atoms with E-state index in [2.05, 4.69) is 12.2 Å². The highest BCUT2D eigenvalue weighted by molar-refractivity contribution is 4.80. The molecular formula is C13H25NO. The molecule has 2 unspecified atom stereocenters. The quantitative estimate of drug-likeness (QED) is 0.772. The van der Waals surface area contributed by atoms with E-state index in [9.17, 15) is 0 Å². The average molecular weight is 211 g/mol. The van der Waals surface area contributed by atoms with Crippen molar-refractivity contribution in [2.75, 3.05) is 13.2 Å². The van der Waals surface area contributed by atoms with Crippen LogP contribution >= 0.6 is 0 Å². The molecule has 0 bridgehead atoms. The van der Waals surface area contributed by atoms with Crippen LogP contribution in [0.4, 0.5) is 0 Å². The minimum absolute atomic E-state index is 0.529. The highest BCUT2D eigenvalue weighted by Crippen LogP contribution is 2.24. The third kappa shape index (κ3) is 3.18. The Kier molecular flexibility index (Phi) is 4.45. The summed E-state index contributed by atoms with van der Waals surface area (Å²) in [5.74, 6) is 0.775. The molecule has 0 amide bonds. The largest absolute Gasteiger partial charge is 0.378 e. The highest BCUT2D eigenvalue weighted by atomic mass is 16.5. The van der Waals surface area contributed by atoms with Crippen LogP contribution in [0.25, 0.3) is 0 Å². The Hall–Kier alpha value is -0.0800. The minimum atomic E-state index is 0.529. The smallest absolute Gasteiger partial charge is 0.0613 e. The summed E-state index contributed by atoms with van der Waals surface area (Å²) in [6.07, 6.45) is 10.1. The molecule has 1 N–H and O–H groups in total. The van der Waals surface area contributed by atoms with Crippen molar-refractivity contribution in [1.82, 2.24) is 5.32 Å². The van der Waals surface area contributed by atoms with Gasteiger partial charge in [-0.2, -0.15) is 0 Å². The number of nitrogens with one attached hydrogen (secondary N) is 1.